The van der Waals surface area contributed by atoms with Crippen LogP contribution in [0.5, 0.6) is 0 Å². The molecule has 1 saturated heterocycles. The fourth-order valence-corrected chi connectivity index (χ4v) is 3.67. The highest BCUT2D eigenvalue weighted by molar-refractivity contribution is 7.22. The van der Waals surface area contributed by atoms with Gasteiger partial charge in [-0.15, -0.1) is 0 Å². The van der Waals surface area contributed by atoms with Crippen LogP contribution in [0.15, 0.2) is 18.2 Å². The first kappa shape index (κ1) is 12.7. The largest absolute Gasteiger partial charge is 0.369 e. The monoisotopic (exact) mass is 295 g/mol. The van der Waals surface area contributed by atoms with Gasteiger partial charge in [0.1, 0.15) is 0 Å². The van der Waals surface area contributed by atoms with Gasteiger partial charge in [0, 0.05) is 24.0 Å². The van der Waals surface area contributed by atoms with Crippen LogP contribution in [0, 0.1) is 5.92 Å². The third-order valence-corrected chi connectivity index (χ3v) is 4.82. The zero-order valence-corrected chi connectivity index (χ0v) is 11.9. The van der Waals surface area contributed by atoms with Crippen molar-refractivity contribution in [2.75, 3.05) is 18.0 Å². The lowest BCUT2D eigenvalue weighted by Crippen LogP contribution is -2.38. The van der Waals surface area contributed by atoms with Crippen molar-refractivity contribution in [2.24, 2.45) is 11.7 Å². The summed E-state index contributed by atoms with van der Waals surface area (Å²) < 4.78 is 1.10. The van der Waals surface area contributed by atoms with E-state index in [-0.39, 0.29) is 11.8 Å². The van der Waals surface area contributed by atoms with Crippen LogP contribution >= 0.6 is 22.9 Å². The fourth-order valence-electron chi connectivity index (χ4n) is 2.38. The highest BCUT2D eigenvalue weighted by atomic mass is 35.5. The number of carbonyl (C=O) groups excluding carboxylic acids is 1. The Labute approximate surface area is 120 Å². The average Bonchev–Trinajstić information content (AvgIpc) is 2.81. The van der Waals surface area contributed by atoms with E-state index in [2.05, 4.69) is 9.88 Å². The van der Waals surface area contributed by atoms with E-state index in [1.54, 1.807) is 11.3 Å². The number of aromatic nitrogens is 1. The molecule has 0 bridgehead atoms. The van der Waals surface area contributed by atoms with Crippen LogP contribution < -0.4 is 10.6 Å². The van der Waals surface area contributed by atoms with Crippen molar-refractivity contribution in [3.05, 3.63) is 23.2 Å². The SMILES string of the molecule is NC(=O)C1CCN(c2nc3ccc(Cl)cc3s2)CC1. The van der Waals surface area contributed by atoms with Crippen molar-refractivity contribution < 1.29 is 4.79 Å². The first-order valence-corrected chi connectivity index (χ1v) is 7.43. The minimum absolute atomic E-state index is 0.0140. The van der Waals surface area contributed by atoms with Crippen molar-refractivity contribution in [2.45, 2.75) is 12.8 Å². The third kappa shape index (κ3) is 2.53. The van der Waals surface area contributed by atoms with Crippen LogP contribution in [0.4, 0.5) is 5.13 Å². The number of amides is 1. The third-order valence-electron chi connectivity index (χ3n) is 3.51. The maximum atomic E-state index is 11.2. The highest BCUT2D eigenvalue weighted by Crippen LogP contribution is 2.32. The van der Waals surface area contributed by atoms with Crippen LogP contribution in [0.1, 0.15) is 12.8 Å². The molecule has 1 fully saturated rings. The minimum atomic E-state index is -0.185. The molecule has 6 heteroatoms. The first-order valence-electron chi connectivity index (χ1n) is 6.24. The molecule has 100 valence electrons. The lowest BCUT2D eigenvalue weighted by molar-refractivity contribution is -0.122. The molecule has 0 spiro atoms. The predicted octanol–water partition coefficient (Wildman–Crippen LogP) is 2.65. The van der Waals surface area contributed by atoms with Crippen LogP contribution in [0.25, 0.3) is 10.2 Å². The standard InChI is InChI=1S/C13H14ClN3OS/c14-9-1-2-10-11(7-9)19-13(16-10)17-5-3-8(4-6-17)12(15)18/h1-2,7-8H,3-6H2,(H2,15,18). The van der Waals surface area contributed by atoms with Gasteiger partial charge < -0.3 is 10.6 Å². The zero-order chi connectivity index (χ0) is 13.4. The second kappa shape index (κ2) is 4.98. The molecule has 1 amide bonds. The van der Waals surface area contributed by atoms with Gasteiger partial charge >= 0.3 is 0 Å². The Hall–Kier alpha value is -1.33. The molecule has 0 unspecified atom stereocenters. The van der Waals surface area contributed by atoms with E-state index in [9.17, 15) is 4.79 Å². The van der Waals surface area contributed by atoms with Gasteiger partial charge in [-0.3, -0.25) is 4.79 Å². The van der Waals surface area contributed by atoms with Crippen molar-refractivity contribution in [3.8, 4) is 0 Å². The van der Waals surface area contributed by atoms with Gasteiger partial charge in [-0.25, -0.2) is 4.98 Å². The minimum Gasteiger partial charge on any atom is -0.369 e. The summed E-state index contributed by atoms with van der Waals surface area (Å²) in [6.45, 7) is 1.67. The molecule has 0 radical (unpaired) electrons. The molecule has 0 saturated carbocycles. The molecule has 2 aromatic rings. The zero-order valence-electron chi connectivity index (χ0n) is 10.3. The van der Waals surface area contributed by atoms with Gasteiger partial charge in [0.25, 0.3) is 0 Å². The fraction of sp³-hybridized carbons (Fsp3) is 0.385. The molecule has 2 N–H and O–H groups in total. The number of nitrogens with zero attached hydrogens (tertiary/aromatic N) is 2. The molecule has 3 rings (SSSR count). The molecule has 0 aliphatic carbocycles. The van der Waals surface area contributed by atoms with Gasteiger partial charge in [-0.05, 0) is 31.0 Å². The molecule has 0 atom stereocenters. The van der Waals surface area contributed by atoms with Crippen LogP contribution in [-0.4, -0.2) is 24.0 Å². The lowest BCUT2D eigenvalue weighted by atomic mass is 9.97. The maximum Gasteiger partial charge on any atom is 0.220 e. The molecule has 1 aromatic heterocycles. The number of anilines is 1. The van der Waals surface area contributed by atoms with Gasteiger partial charge in [0.2, 0.25) is 5.91 Å². The summed E-state index contributed by atoms with van der Waals surface area (Å²) in [5, 5.41) is 1.73. The summed E-state index contributed by atoms with van der Waals surface area (Å²) in [5.41, 5.74) is 6.32. The Morgan fingerprint density at radius 3 is 2.84 bits per heavy atom. The van der Waals surface area contributed by atoms with E-state index < -0.39 is 0 Å². The molecular formula is C13H14ClN3OS. The number of halogens is 1. The number of rotatable bonds is 2. The number of piperidine rings is 1. The number of primary amides is 1. The molecule has 1 aromatic carbocycles. The Morgan fingerprint density at radius 2 is 2.16 bits per heavy atom. The first-order chi connectivity index (χ1) is 9.13. The van der Waals surface area contributed by atoms with Gasteiger partial charge in [-0.1, -0.05) is 22.9 Å². The number of carbonyl (C=O) groups is 1. The highest BCUT2D eigenvalue weighted by Gasteiger charge is 2.24. The summed E-state index contributed by atoms with van der Waals surface area (Å²) in [5.74, 6) is -0.171. The van der Waals surface area contributed by atoms with Crippen LogP contribution in [0.2, 0.25) is 5.02 Å². The smallest absolute Gasteiger partial charge is 0.220 e. The van der Waals surface area contributed by atoms with Crippen LogP contribution in [0.3, 0.4) is 0 Å². The number of benzene rings is 1. The van der Waals surface area contributed by atoms with E-state index in [4.69, 9.17) is 17.3 Å². The molecular weight excluding hydrogens is 282 g/mol. The van der Waals surface area contributed by atoms with Crippen molar-refractivity contribution in [1.29, 1.82) is 0 Å². The molecule has 1 aliphatic rings. The number of hydrogen-bond donors (Lipinski definition) is 1. The molecule has 4 nitrogen and oxygen atoms in total. The topological polar surface area (TPSA) is 59.2 Å². The Balaban J connectivity index is 1.80. The van der Waals surface area contributed by atoms with E-state index in [0.717, 1.165) is 46.3 Å². The second-order valence-electron chi connectivity index (χ2n) is 4.77. The van der Waals surface area contributed by atoms with E-state index in [1.807, 2.05) is 18.2 Å². The number of fused-ring (bicyclic) bond motifs is 1. The Kier molecular flexibility index (Phi) is 3.33. The molecule has 1 aliphatic heterocycles. The molecule has 19 heavy (non-hydrogen) atoms. The van der Waals surface area contributed by atoms with Gasteiger partial charge in [-0.2, -0.15) is 0 Å². The summed E-state index contributed by atoms with van der Waals surface area (Å²) in [4.78, 5) is 18.0. The summed E-state index contributed by atoms with van der Waals surface area (Å²) in [7, 11) is 0. The second-order valence-corrected chi connectivity index (χ2v) is 6.22. The Morgan fingerprint density at radius 1 is 1.42 bits per heavy atom. The summed E-state index contributed by atoms with van der Waals surface area (Å²) in [6.07, 6.45) is 1.62. The summed E-state index contributed by atoms with van der Waals surface area (Å²) >= 11 is 7.62. The maximum absolute atomic E-state index is 11.2. The van der Waals surface area contributed by atoms with Gasteiger partial charge in [0.15, 0.2) is 5.13 Å². The average molecular weight is 296 g/mol. The van der Waals surface area contributed by atoms with Crippen LogP contribution in [-0.2, 0) is 4.79 Å². The van der Waals surface area contributed by atoms with E-state index in [1.165, 1.54) is 0 Å². The van der Waals surface area contributed by atoms with E-state index in [0.29, 0.717) is 0 Å². The van der Waals surface area contributed by atoms with Crippen molar-refractivity contribution in [1.82, 2.24) is 4.98 Å². The van der Waals surface area contributed by atoms with Crippen molar-refractivity contribution in [3.63, 3.8) is 0 Å². The summed E-state index contributed by atoms with van der Waals surface area (Å²) in [6, 6.07) is 5.73. The lowest BCUT2D eigenvalue weighted by Gasteiger charge is -2.30. The molecule has 2 heterocycles. The number of hydrogen-bond acceptors (Lipinski definition) is 4. The number of thiazole rings is 1. The quantitative estimate of drug-likeness (QED) is 0.926. The van der Waals surface area contributed by atoms with E-state index >= 15 is 0 Å². The predicted molar refractivity (Wildman–Crippen MR) is 78.8 cm³/mol. The normalized spacial score (nSPS) is 17.0. The van der Waals surface area contributed by atoms with Crippen molar-refractivity contribution >= 4 is 44.2 Å². The van der Waals surface area contributed by atoms with Gasteiger partial charge in [0.05, 0.1) is 10.2 Å². The number of nitrogens with two attached hydrogens (primary N) is 1. The Bertz CT molecular complexity index is 619.